The lowest BCUT2D eigenvalue weighted by Gasteiger charge is -2.27. The van der Waals surface area contributed by atoms with Crippen molar-refractivity contribution in [3.63, 3.8) is 0 Å². The van der Waals surface area contributed by atoms with Gasteiger partial charge in [-0.3, -0.25) is 4.90 Å². The molecule has 1 fully saturated rings. The average molecular weight is 342 g/mol. The van der Waals surface area contributed by atoms with Crippen LogP contribution in [0.3, 0.4) is 0 Å². The lowest BCUT2D eigenvalue weighted by molar-refractivity contribution is 0.193. The molecule has 128 valence electrons. The second kappa shape index (κ2) is 7.49. The van der Waals surface area contributed by atoms with Crippen LogP contribution >= 0.6 is 11.6 Å². The molecule has 0 saturated carbocycles. The molecule has 0 aromatic heterocycles. The smallest absolute Gasteiger partial charge is 0.317 e. The molecule has 23 heavy (non-hydrogen) atoms. The summed E-state index contributed by atoms with van der Waals surface area (Å²) in [5, 5.41) is 3.13. The number of halogens is 2. The number of hydrogen-bond donors (Lipinski definition) is 1. The standard InChI is InChI=1S/C17H25ClFN3O/c1-11(2)22(4)17(23)20-10-13-7-8-21(3)16(13)12-5-6-14(18)15(19)9-12/h5-6,9,11,13,16H,7-8,10H2,1-4H3,(H,20,23)/t13-,16+/m0/s1. The van der Waals surface area contributed by atoms with Crippen molar-refractivity contribution in [1.82, 2.24) is 15.1 Å². The molecule has 1 aliphatic heterocycles. The monoisotopic (exact) mass is 341 g/mol. The maximum atomic E-state index is 13.8. The minimum Gasteiger partial charge on any atom is -0.338 e. The van der Waals surface area contributed by atoms with Crippen molar-refractivity contribution >= 4 is 17.6 Å². The molecule has 0 spiro atoms. The first-order valence-electron chi connectivity index (χ1n) is 7.97. The van der Waals surface area contributed by atoms with Gasteiger partial charge < -0.3 is 10.2 Å². The van der Waals surface area contributed by atoms with E-state index in [1.54, 1.807) is 18.0 Å². The quantitative estimate of drug-likeness (QED) is 0.909. The zero-order valence-corrected chi connectivity index (χ0v) is 14.9. The van der Waals surface area contributed by atoms with E-state index in [9.17, 15) is 9.18 Å². The van der Waals surface area contributed by atoms with Gasteiger partial charge in [-0.05, 0) is 57.5 Å². The van der Waals surface area contributed by atoms with Crippen LogP contribution in [0.5, 0.6) is 0 Å². The SMILES string of the molecule is CC(C)N(C)C(=O)NC[C@@H]1CCN(C)[C@@H]1c1ccc(Cl)c(F)c1. The second-order valence-electron chi connectivity index (χ2n) is 6.54. The third-order valence-electron chi connectivity index (χ3n) is 4.67. The first-order valence-corrected chi connectivity index (χ1v) is 8.35. The molecule has 4 nitrogen and oxygen atoms in total. The van der Waals surface area contributed by atoms with Crippen LogP contribution < -0.4 is 5.32 Å². The van der Waals surface area contributed by atoms with Crippen LogP contribution in [0, 0.1) is 11.7 Å². The Balaban J connectivity index is 2.06. The molecule has 1 N–H and O–H groups in total. The Morgan fingerprint density at radius 3 is 2.83 bits per heavy atom. The summed E-state index contributed by atoms with van der Waals surface area (Å²) in [6.07, 6.45) is 0.969. The fourth-order valence-electron chi connectivity index (χ4n) is 3.04. The van der Waals surface area contributed by atoms with Gasteiger partial charge in [0.05, 0.1) is 5.02 Å². The van der Waals surface area contributed by atoms with E-state index in [-0.39, 0.29) is 29.1 Å². The Bertz CT molecular complexity index is 567. The summed E-state index contributed by atoms with van der Waals surface area (Å²) in [4.78, 5) is 16.0. The molecule has 1 aromatic carbocycles. The summed E-state index contributed by atoms with van der Waals surface area (Å²) in [6.45, 7) is 5.45. The lowest BCUT2D eigenvalue weighted by Crippen LogP contribution is -2.43. The van der Waals surface area contributed by atoms with Gasteiger partial charge in [0, 0.05) is 25.7 Å². The molecule has 6 heteroatoms. The summed E-state index contributed by atoms with van der Waals surface area (Å²) in [5.74, 6) is -0.142. The van der Waals surface area contributed by atoms with Gasteiger partial charge in [-0.1, -0.05) is 17.7 Å². The van der Waals surface area contributed by atoms with E-state index in [2.05, 4.69) is 10.2 Å². The zero-order valence-electron chi connectivity index (χ0n) is 14.1. The molecular formula is C17H25ClFN3O. The average Bonchev–Trinajstić information content (AvgIpc) is 2.87. The van der Waals surface area contributed by atoms with Gasteiger partial charge >= 0.3 is 6.03 Å². The summed E-state index contributed by atoms with van der Waals surface area (Å²) in [7, 11) is 3.81. The molecule has 1 aromatic rings. The Morgan fingerprint density at radius 1 is 1.52 bits per heavy atom. The van der Waals surface area contributed by atoms with Crippen molar-refractivity contribution < 1.29 is 9.18 Å². The highest BCUT2D eigenvalue weighted by atomic mass is 35.5. The number of likely N-dealkylation sites (tertiary alicyclic amines) is 1. The van der Waals surface area contributed by atoms with Crippen molar-refractivity contribution in [2.45, 2.75) is 32.4 Å². The second-order valence-corrected chi connectivity index (χ2v) is 6.95. The van der Waals surface area contributed by atoms with Gasteiger partial charge in [0.25, 0.3) is 0 Å². The highest BCUT2D eigenvalue weighted by Crippen LogP contribution is 2.36. The Kier molecular flexibility index (Phi) is 5.87. The molecular weight excluding hydrogens is 317 g/mol. The number of carbonyl (C=O) groups is 1. The third kappa shape index (κ3) is 4.15. The topological polar surface area (TPSA) is 35.6 Å². The maximum absolute atomic E-state index is 13.8. The van der Waals surface area contributed by atoms with Crippen LogP contribution in [0.15, 0.2) is 18.2 Å². The minimum atomic E-state index is -0.396. The van der Waals surface area contributed by atoms with Crippen molar-refractivity contribution in [2.75, 3.05) is 27.2 Å². The molecule has 0 aliphatic carbocycles. The molecule has 0 bridgehead atoms. The van der Waals surface area contributed by atoms with E-state index in [1.807, 2.05) is 27.0 Å². The summed E-state index contributed by atoms with van der Waals surface area (Å²) >= 11 is 5.78. The fraction of sp³-hybridized carbons (Fsp3) is 0.588. The van der Waals surface area contributed by atoms with Gasteiger partial charge in [-0.25, -0.2) is 9.18 Å². The van der Waals surface area contributed by atoms with Crippen molar-refractivity contribution in [3.05, 3.63) is 34.6 Å². The van der Waals surface area contributed by atoms with E-state index in [0.717, 1.165) is 18.5 Å². The summed E-state index contributed by atoms with van der Waals surface area (Å²) in [6, 6.07) is 5.14. The third-order valence-corrected chi connectivity index (χ3v) is 4.98. The normalized spacial score (nSPS) is 21.7. The summed E-state index contributed by atoms with van der Waals surface area (Å²) < 4.78 is 13.8. The van der Waals surface area contributed by atoms with Gasteiger partial charge in [-0.15, -0.1) is 0 Å². The number of amides is 2. The van der Waals surface area contributed by atoms with Gasteiger partial charge in [0.2, 0.25) is 0 Å². The number of benzene rings is 1. The number of urea groups is 1. The highest BCUT2D eigenvalue weighted by molar-refractivity contribution is 6.30. The Labute approximate surface area is 142 Å². The van der Waals surface area contributed by atoms with E-state index >= 15 is 0 Å². The van der Waals surface area contributed by atoms with Crippen molar-refractivity contribution in [1.29, 1.82) is 0 Å². The number of rotatable bonds is 4. The Morgan fingerprint density at radius 2 is 2.22 bits per heavy atom. The van der Waals surface area contributed by atoms with E-state index in [0.29, 0.717) is 6.54 Å². The number of nitrogens with zero attached hydrogens (tertiary/aromatic N) is 2. The number of carbonyl (C=O) groups excluding carboxylic acids is 1. The van der Waals surface area contributed by atoms with Crippen molar-refractivity contribution in [2.24, 2.45) is 5.92 Å². The Hall–Kier alpha value is -1.33. The van der Waals surface area contributed by atoms with Crippen molar-refractivity contribution in [3.8, 4) is 0 Å². The minimum absolute atomic E-state index is 0.0735. The summed E-state index contributed by atoms with van der Waals surface area (Å²) in [5.41, 5.74) is 0.906. The lowest BCUT2D eigenvalue weighted by atomic mass is 9.93. The molecule has 1 aliphatic rings. The molecule has 1 heterocycles. The molecule has 2 atom stereocenters. The van der Waals surface area contributed by atoms with Gasteiger partial charge in [0.15, 0.2) is 0 Å². The first-order chi connectivity index (χ1) is 10.8. The molecule has 2 rings (SSSR count). The fourth-order valence-corrected chi connectivity index (χ4v) is 3.16. The predicted octanol–water partition coefficient (Wildman–Crippen LogP) is 3.52. The molecule has 0 unspecified atom stereocenters. The van der Waals surface area contributed by atoms with E-state index in [1.165, 1.54) is 6.07 Å². The zero-order chi connectivity index (χ0) is 17.1. The highest BCUT2D eigenvalue weighted by Gasteiger charge is 2.33. The molecule has 1 saturated heterocycles. The van der Waals surface area contributed by atoms with E-state index in [4.69, 9.17) is 11.6 Å². The van der Waals surface area contributed by atoms with Crippen LogP contribution in [0.2, 0.25) is 5.02 Å². The largest absolute Gasteiger partial charge is 0.338 e. The van der Waals surface area contributed by atoms with Crippen LogP contribution in [0.1, 0.15) is 31.9 Å². The van der Waals surface area contributed by atoms with Crippen LogP contribution in [0.4, 0.5) is 9.18 Å². The van der Waals surface area contributed by atoms with Crippen LogP contribution in [0.25, 0.3) is 0 Å². The number of nitrogens with one attached hydrogen (secondary N) is 1. The number of hydrogen-bond acceptors (Lipinski definition) is 2. The van der Waals surface area contributed by atoms with Gasteiger partial charge in [0.1, 0.15) is 5.82 Å². The molecule has 2 amide bonds. The molecule has 0 radical (unpaired) electrons. The predicted molar refractivity (Wildman–Crippen MR) is 91.2 cm³/mol. The van der Waals surface area contributed by atoms with Crippen LogP contribution in [-0.2, 0) is 0 Å². The first kappa shape index (κ1) is 18.0. The van der Waals surface area contributed by atoms with Gasteiger partial charge in [-0.2, -0.15) is 0 Å². The van der Waals surface area contributed by atoms with E-state index < -0.39 is 5.82 Å². The van der Waals surface area contributed by atoms with Crippen LogP contribution in [-0.4, -0.2) is 49.1 Å². The maximum Gasteiger partial charge on any atom is 0.317 e.